The minimum absolute atomic E-state index is 0.0284. The van der Waals surface area contributed by atoms with Crippen LogP contribution in [0.5, 0.6) is 11.5 Å². The third-order valence-corrected chi connectivity index (χ3v) is 4.72. The summed E-state index contributed by atoms with van der Waals surface area (Å²) in [6.07, 6.45) is 0.794. The van der Waals surface area contributed by atoms with Crippen LogP contribution >= 0.6 is 0 Å². The maximum atomic E-state index is 5.86. The molecule has 3 aromatic rings. The fraction of sp³-hybridized carbons (Fsp3) is 0.263. The van der Waals surface area contributed by atoms with Gasteiger partial charge in [0.1, 0.15) is 11.5 Å². The molecular formula is C19H21N5O2. The molecule has 1 aromatic heterocycles. The predicted molar refractivity (Wildman–Crippen MR) is 99.5 cm³/mol. The Balaban J connectivity index is 1.75. The number of nitrogen functional groups attached to an aromatic ring is 1. The molecule has 0 fully saturated rings. The lowest BCUT2D eigenvalue weighted by Crippen LogP contribution is -2.28. The summed E-state index contributed by atoms with van der Waals surface area (Å²) in [4.78, 5) is 4.34. The normalized spacial score (nSPS) is 18.7. The highest BCUT2D eigenvalue weighted by Gasteiger charge is 2.32. The standard InChI is InChI=1S/C19H21N5O2/c1-25-13-9-7-12(8-10-13)15-11-16(14-5-3-4-6-17(14)26-2)24-19(21-15)22-18(20)23-24/h3-10,15-16H,11H2,1-2H3,(H3,20,21,22,23)/t15-,16-/m1/s1. The first kappa shape index (κ1) is 16.3. The number of rotatable bonds is 4. The Hall–Kier alpha value is -3.22. The van der Waals surface area contributed by atoms with Crippen LogP contribution in [0.3, 0.4) is 0 Å². The van der Waals surface area contributed by atoms with E-state index >= 15 is 0 Å². The molecule has 2 aromatic carbocycles. The number of methoxy groups -OCH3 is 2. The molecule has 0 saturated heterocycles. The Bertz CT molecular complexity index is 907. The van der Waals surface area contributed by atoms with Gasteiger partial charge in [-0.1, -0.05) is 30.3 Å². The predicted octanol–water partition coefficient (Wildman–Crippen LogP) is 3.02. The average Bonchev–Trinajstić information content (AvgIpc) is 3.07. The number of nitrogens with zero attached hydrogens (tertiary/aromatic N) is 3. The van der Waals surface area contributed by atoms with Crippen LogP contribution in [0.15, 0.2) is 48.5 Å². The lowest BCUT2D eigenvalue weighted by atomic mass is 9.93. The van der Waals surface area contributed by atoms with E-state index in [1.807, 2.05) is 35.0 Å². The van der Waals surface area contributed by atoms with Crippen LogP contribution < -0.4 is 20.5 Å². The summed E-state index contributed by atoms with van der Waals surface area (Å²) in [7, 11) is 3.34. The van der Waals surface area contributed by atoms with Crippen LogP contribution in [-0.2, 0) is 0 Å². The number of hydrogen-bond donors (Lipinski definition) is 2. The monoisotopic (exact) mass is 351 g/mol. The van der Waals surface area contributed by atoms with E-state index in [1.54, 1.807) is 14.2 Å². The molecule has 0 radical (unpaired) electrons. The van der Waals surface area contributed by atoms with Gasteiger partial charge in [0.2, 0.25) is 11.9 Å². The Kier molecular flexibility index (Phi) is 4.12. The van der Waals surface area contributed by atoms with E-state index in [9.17, 15) is 0 Å². The fourth-order valence-electron chi connectivity index (χ4n) is 3.45. The zero-order valence-electron chi connectivity index (χ0n) is 14.7. The number of hydrogen-bond acceptors (Lipinski definition) is 6. The third-order valence-electron chi connectivity index (χ3n) is 4.72. The Morgan fingerprint density at radius 3 is 2.58 bits per heavy atom. The zero-order valence-corrected chi connectivity index (χ0v) is 14.7. The van der Waals surface area contributed by atoms with Gasteiger partial charge >= 0.3 is 0 Å². The van der Waals surface area contributed by atoms with Crippen molar-refractivity contribution in [2.24, 2.45) is 0 Å². The van der Waals surface area contributed by atoms with Crippen molar-refractivity contribution in [1.82, 2.24) is 14.8 Å². The number of nitrogens with two attached hydrogens (primary N) is 1. The Morgan fingerprint density at radius 1 is 1.08 bits per heavy atom. The molecule has 0 unspecified atom stereocenters. The van der Waals surface area contributed by atoms with Crippen LogP contribution in [0.1, 0.15) is 29.6 Å². The van der Waals surface area contributed by atoms with Gasteiger partial charge in [-0.3, -0.25) is 0 Å². The molecule has 0 amide bonds. The molecule has 0 aliphatic carbocycles. The van der Waals surface area contributed by atoms with Gasteiger partial charge < -0.3 is 20.5 Å². The van der Waals surface area contributed by atoms with Crippen molar-refractivity contribution >= 4 is 11.9 Å². The lowest BCUT2D eigenvalue weighted by Gasteiger charge is -2.32. The molecule has 26 heavy (non-hydrogen) atoms. The van der Waals surface area contributed by atoms with Gasteiger partial charge in [0.15, 0.2) is 0 Å². The summed E-state index contributed by atoms with van der Waals surface area (Å²) in [5, 5.41) is 7.82. The molecule has 3 N–H and O–H groups in total. The summed E-state index contributed by atoms with van der Waals surface area (Å²) in [6, 6.07) is 16.1. The SMILES string of the molecule is COc1ccc([C@H]2C[C@H](c3ccccc3OC)n3nc(N)nc3N2)cc1. The molecular weight excluding hydrogens is 330 g/mol. The first-order valence-electron chi connectivity index (χ1n) is 8.45. The first-order chi connectivity index (χ1) is 12.7. The van der Waals surface area contributed by atoms with Gasteiger partial charge in [0.25, 0.3) is 0 Å². The largest absolute Gasteiger partial charge is 0.497 e. The molecule has 2 atom stereocenters. The molecule has 0 spiro atoms. The van der Waals surface area contributed by atoms with Crippen LogP contribution in [-0.4, -0.2) is 29.0 Å². The molecule has 2 heterocycles. The number of para-hydroxylation sites is 1. The molecule has 7 heteroatoms. The topological polar surface area (TPSA) is 87.2 Å². The number of fused-ring (bicyclic) bond motifs is 1. The minimum Gasteiger partial charge on any atom is -0.497 e. The van der Waals surface area contributed by atoms with Crippen LogP contribution in [0.4, 0.5) is 11.9 Å². The fourth-order valence-corrected chi connectivity index (χ4v) is 3.45. The van der Waals surface area contributed by atoms with E-state index < -0.39 is 0 Å². The Labute approximate surface area is 151 Å². The minimum atomic E-state index is -0.0284. The molecule has 4 rings (SSSR count). The second kappa shape index (κ2) is 6.59. The second-order valence-electron chi connectivity index (χ2n) is 6.20. The summed E-state index contributed by atoms with van der Waals surface area (Å²) in [6.45, 7) is 0. The molecule has 1 aliphatic rings. The van der Waals surface area contributed by atoms with Gasteiger partial charge in [-0.15, -0.1) is 5.10 Å². The number of benzene rings is 2. The number of ether oxygens (including phenoxy) is 2. The quantitative estimate of drug-likeness (QED) is 0.751. The molecule has 134 valence electrons. The van der Waals surface area contributed by atoms with E-state index in [4.69, 9.17) is 15.2 Å². The molecule has 0 saturated carbocycles. The van der Waals surface area contributed by atoms with Crippen molar-refractivity contribution < 1.29 is 9.47 Å². The van der Waals surface area contributed by atoms with E-state index in [0.717, 1.165) is 29.0 Å². The van der Waals surface area contributed by atoms with Crippen LogP contribution in [0.25, 0.3) is 0 Å². The van der Waals surface area contributed by atoms with Gasteiger partial charge in [-0.25, -0.2) is 4.68 Å². The first-order valence-corrected chi connectivity index (χ1v) is 8.45. The molecule has 7 nitrogen and oxygen atoms in total. The van der Waals surface area contributed by atoms with E-state index in [2.05, 4.69) is 33.6 Å². The molecule has 0 bridgehead atoms. The van der Waals surface area contributed by atoms with Crippen molar-refractivity contribution in [2.45, 2.75) is 18.5 Å². The molecule has 1 aliphatic heterocycles. The van der Waals surface area contributed by atoms with Crippen LogP contribution in [0.2, 0.25) is 0 Å². The zero-order chi connectivity index (χ0) is 18.1. The van der Waals surface area contributed by atoms with Gasteiger partial charge in [-0.2, -0.15) is 4.98 Å². The van der Waals surface area contributed by atoms with Crippen LogP contribution in [0, 0.1) is 0 Å². The maximum Gasteiger partial charge on any atom is 0.241 e. The summed E-state index contributed by atoms with van der Waals surface area (Å²) < 4.78 is 12.7. The number of nitrogens with one attached hydrogen (secondary N) is 1. The van der Waals surface area contributed by atoms with E-state index in [-0.39, 0.29) is 18.0 Å². The van der Waals surface area contributed by atoms with E-state index in [0.29, 0.717) is 5.95 Å². The van der Waals surface area contributed by atoms with Crippen molar-refractivity contribution in [2.75, 3.05) is 25.3 Å². The number of anilines is 2. The highest BCUT2D eigenvalue weighted by atomic mass is 16.5. The summed E-state index contributed by atoms with van der Waals surface area (Å²) >= 11 is 0. The van der Waals surface area contributed by atoms with Gasteiger partial charge in [-0.05, 0) is 30.2 Å². The van der Waals surface area contributed by atoms with E-state index in [1.165, 1.54) is 0 Å². The highest BCUT2D eigenvalue weighted by Crippen LogP contribution is 2.40. The van der Waals surface area contributed by atoms with Gasteiger partial charge in [0.05, 0.1) is 26.3 Å². The second-order valence-corrected chi connectivity index (χ2v) is 6.20. The van der Waals surface area contributed by atoms with Crippen molar-refractivity contribution in [3.63, 3.8) is 0 Å². The lowest BCUT2D eigenvalue weighted by molar-refractivity contribution is 0.380. The van der Waals surface area contributed by atoms with Crippen molar-refractivity contribution in [3.8, 4) is 11.5 Å². The smallest absolute Gasteiger partial charge is 0.241 e. The van der Waals surface area contributed by atoms with Gasteiger partial charge in [0, 0.05) is 5.56 Å². The third kappa shape index (κ3) is 2.81. The number of aromatic nitrogens is 3. The summed E-state index contributed by atoms with van der Waals surface area (Å²) in [5.41, 5.74) is 8.07. The average molecular weight is 351 g/mol. The maximum absolute atomic E-state index is 5.86. The summed E-state index contributed by atoms with van der Waals surface area (Å²) in [5.74, 6) is 2.57. The van der Waals surface area contributed by atoms with Crippen molar-refractivity contribution in [3.05, 3.63) is 59.7 Å². The Morgan fingerprint density at radius 2 is 1.85 bits per heavy atom. The highest BCUT2D eigenvalue weighted by molar-refractivity contribution is 5.45. The van der Waals surface area contributed by atoms with Crippen molar-refractivity contribution in [1.29, 1.82) is 0 Å².